The van der Waals surface area contributed by atoms with Gasteiger partial charge in [0.05, 0.1) is 30.7 Å². The fraction of sp³-hybridized carbons (Fsp3) is 0. The normalized spacial score (nSPS) is 11.3. The maximum Gasteiger partial charge on any atom is 0.271 e. The molecule has 0 unspecified atom stereocenters. The molecular weight excluding hydrogens is 410 g/mol. The predicted octanol–water partition coefficient (Wildman–Crippen LogP) is 5.01. The van der Waals surface area contributed by atoms with Crippen molar-refractivity contribution in [2.24, 2.45) is 0 Å². The van der Waals surface area contributed by atoms with Gasteiger partial charge in [-0.15, -0.1) is 0 Å². The lowest BCUT2D eigenvalue weighted by molar-refractivity contribution is -0.384. The van der Waals surface area contributed by atoms with Crippen LogP contribution in [-0.4, -0.2) is 13.3 Å². The molecule has 0 heterocycles. The monoisotopic (exact) mass is 414 g/mol. The molecule has 122 valence electrons. The predicted molar refractivity (Wildman–Crippen MR) is 90.4 cm³/mol. The average Bonchev–Trinajstić information content (AvgIpc) is 2.44. The van der Waals surface area contributed by atoms with Gasteiger partial charge in [-0.3, -0.25) is 14.8 Å². The minimum atomic E-state index is -4.12. The number of non-ortho nitro benzene ring substituents is 1. The van der Waals surface area contributed by atoms with Crippen molar-refractivity contribution in [3.05, 3.63) is 60.5 Å². The lowest BCUT2D eigenvalue weighted by Crippen LogP contribution is -2.14. The summed E-state index contributed by atoms with van der Waals surface area (Å²) in [6.07, 6.45) is 0. The molecule has 0 spiro atoms. The first-order valence-electron chi connectivity index (χ1n) is 5.73. The van der Waals surface area contributed by atoms with Crippen molar-refractivity contribution in [2.45, 2.75) is 4.90 Å². The summed E-state index contributed by atoms with van der Waals surface area (Å²) in [5.74, 6) is 0. The second-order valence-corrected chi connectivity index (χ2v) is 7.50. The summed E-state index contributed by atoms with van der Waals surface area (Å²) < 4.78 is 26.9. The Morgan fingerprint density at radius 3 is 2.09 bits per heavy atom. The second kappa shape index (κ2) is 6.70. The minimum Gasteiger partial charge on any atom is -0.278 e. The number of rotatable bonds is 4. The fourth-order valence-electron chi connectivity index (χ4n) is 1.61. The van der Waals surface area contributed by atoms with Crippen LogP contribution >= 0.6 is 46.4 Å². The first kappa shape index (κ1) is 18.1. The first-order valence-corrected chi connectivity index (χ1v) is 8.72. The summed E-state index contributed by atoms with van der Waals surface area (Å²) in [6.45, 7) is 0. The van der Waals surface area contributed by atoms with E-state index >= 15 is 0 Å². The molecular formula is C12H6Cl4N2O4S. The van der Waals surface area contributed by atoms with Crippen molar-refractivity contribution in [3.63, 3.8) is 0 Å². The zero-order chi connectivity index (χ0) is 17.4. The highest BCUT2D eigenvalue weighted by molar-refractivity contribution is 7.92. The number of nitrogens with one attached hydrogen (secondary N) is 1. The lowest BCUT2D eigenvalue weighted by Gasteiger charge is -2.11. The highest BCUT2D eigenvalue weighted by atomic mass is 35.5. The molecule has 0 amide bonds. The Morgan fingerprint density at radius 2 is 1.52 bits per heavy atom. The quantitative estimate of drug-likeness (QED) is 0.431. The Hall–Kier alpha value is -1.25. The van der Waals surface area contributed by atoms with Crippen molar-refractivity contribution in [1.82, 2.24) is 0 Å². The Labute approximate surface area is 151 Å². The zero-order valence-electron chi connectivity index (χ0n) is 10.9. The number of nitro groups is 1. The number of halogens is 4. The Morgan fingerprint density at radius 1 is 0.913 bits per heavy atom. The molecule has 0 atom stereocenters. The highest BCUT2D eigenvalue weighted by Crippen LogP contribution is 2.34. The molecule has 2 aromatic rings. The van der Waals surface area contributed by atoms with E-state index in [1.165, 1.54) is 12.1 Å². The van der Waals surface area contributed by atoms with E-state index in [0.29, 0.717) is 0 Å². The number of nitro benzene ring substituents is 1. The van der Waals surface area contributed by atoms with Crippen LogP contribution in [0.25, 0.3) is 0 Å². The molecule has 1 N–H and O–H groups in total. The third kappa shape index (κ3) is 3.99. The molecule has 0 aliphatic carbocycles. The van der Waals surface area contributed by atoms with E-state index in [-0.39, 0.29) is 36.4 Å². The molecule has 0 aromatic heterocycles. The molecule has 0 radical (unpaired) electrons. The second-order valence-electron chi connectivity index (χ2n) is 4.22. The van der Waals surface area contributed by atoms with Gasteiger partial charge in [0.15, 0.2) is 0 Å². The molecule has 0 saturated carbocycles. The minimum absolute atomic E-state index is 0.00578. The number of hydrogen-bond acceptors (Lipinski definition) is 4. The van der Waals surface area contributed by atoms with Crippen LogP contribution in [0, 0.1) is 10.1 Å². The van der Waals surface area contributed by atoms with Crippen LogP contribution < -0.4 is 4.72 Å². The maximum atomic E-state index is 12.4. The van der Waals surface area contributed by atoms with Crippen LogP contribution in [0.2, 0.25) is 20.1 Å². The van der Waals surface area contributed by atoms with E-state index in [0.717, 1.165) is 18.2 Å². The van der Waals surface area contributed by atoms with Gasteiger partial charge in [-0.1, -0.05) is 46.4 Å². The SMILES string of the molecule is O=[N+]([O-])c1ccc(NS(=O)(=O)c2cc(Cl)c(Cl)cc2Cl)c(Cl)c1. The molecule has 0 bridgehead atoms. The van der Waals surface area contributed by atoms with Gasteiger partial charge >= 0.3 is 0 Å². The topological polar surface area (TPSA) is 89.3 Å². The number of sulfonamides is 1. The van der Waals surface area contributed by atoms with E-state index in [9.17, 15) is 18.5 Å². The van der Waals surface area contributed by atoms with Gasteiger partial charge in [0.1, 0.15) is 4.90 Å². The lowest BCUT2D eigenvalue weighted by atomic mass is 10.3. The molecule has 0 saturated heterocycles. The van der Waals surface area contributed by atoms with Crippen LogP contribution in [0.4, 0.5) is 11.4 Å². The van der Waals surface area contributed by atoms with Crippen LogP contribution in [0.1, 0.15) is 0 Å². The van der Waals surface area contributed by atoms with Crippen molar-refractivity contribution in [2.75, 3.05) is 4.72 Å². The van der Waals surface area contributed by atoms with Crippen LogP contribution in [0.5, 0.6) is 0 Å². The third-order valence-corrected chi connectivity index (χ3v) is 5.54. The summed E-state index contributed by atoms with van der Waals surface area (Å²) in [5, 5.41) is 10.5. The third-order valence-electron chi connectivity index (χ3n) is 2.67. The van der Waals surface area contributed by atoms with E-state index in [1.54, 1.807) is 0 Å². The number of hydrogen-bond donors (Lipinski definition) is 1. The Balaban J connectivity index is 2.43. The van der Waals surface area contributed by atoms with Gasteiger partial charge in [0.2, 0.25) is 0 Å². The smallest absolute Gasteiger partial charge is 0.271 e. The van der Waals surface area contributed by atoms with E-state index < -0.39 is 14.9 Å². The van der Waals surface area contributed by atoms with Crippen LogP contribution in [0.3, 0.4) is 0 Å². The summed E-state index contributed by atoms with van der Waals surface area (Å²) in [5.41, 5.74) is -0.315. The summed E-state index contributed by atoms with van der Waals surface area (Å²) in [4.78, 5) is 9.69. The van der Waals surface area contributed by atoms with Gasteiger partial charge in [0.25, 0.3) is 15.7 Å². The molecule has 11 heteroatoms. The summed E-state index contributed by atoms with van der Waals surface area (Å²) in [6, 6.07) is 5.59. The van der Waals surface area contributed by atoms with Gasteiger partial charge in [0, 0.05) is 12.1 Å². The molecule has 2 aromatic carbocycles. The van der Waals surface area contributed by atoms with Crippen LogP contribution in [0.15, 0.2) is 35.2 Å². The maximum absolute atomic E-state index is 12.4. The molecule has 2 rings (SSSR count). The Kier molecular flexibility index (Phi) is 5.27. The molecule has 6 nitrogen and oxygen atoms in total. The van der Waals surface area contributed by atoms with E-state index in [4.69, 9.17) is 46.4 Å². The number of nitrogens with zero attached hydrogens (tertiary/aromatic N) is 1. The Bertz CT molecular complexity index is 902. The van der Waals surface area contributed by atoms with E-state index in [2.05, 4.69) is 4.72 Å². The first-order chi connectivity index (χ1) is 10.6. The van der Waals surface area contributed by atoms with E-state index in [1.807, 2.05) is 0 Å². The summed E-state index contributed by atoms with van der Waals surface area (Å²) >= 11 is 23.3. The number of anilines is 1. The van der Waals surface area contributed by atoms with Gasteiger partial charge in [-0.25, -0.2) is 8.42 Å². The number of benzene rings is 2. The van der Waals surface area contributed by atoms with Gasteiger partial charge in [-0.05, 0) is 18.2 Å². The molecule has 0 fully saturated rings. The molecule has 0 aliphatic heterocycles. The van der Waals surface area contributed by atoms with Crippen LogP contribution in [-0.2, 0) is 10.0 Å². The average molecular weight is 416 g/mol. The van der Waals surface area contributed by atoms with Gasteiger partial charge in [-0.2, -0.15) is 0 Å². The standard InChI is InChI=1S/C12H6Cl4N2O4S/c13-7-4-10(16)12(5-8(7)14)23(21,22)17-11-2-1-6(18(19)20)3-9(11)15/h1-5,17H. The van der Waals surface area contributed by atoms with Crippen molar-refractivity contribution < 1.29 is 13.3 Å². The van der Waals surface area contributed by atoms with Crippen molar-refractivity contribution in [1.29, 1.82) is 0 Å². The summed E-state index contributed by atoms with van der Waals surface area (Å²) in [7, 11) is -4.12. The molecule has 23 heavy (non-hydrogen) atoms. The van der Waals surface area contributed by atoms with Crippen molar-refractivity contribution >= 4 is 67.8 Å². The van der Waals surface area contributed by atoms with Crippen molar-refractivity contribution in [3.8, 4) is 0 Å². The fourth-order valence-corrected chi connectivity index (χ4v) is 3.97. The highest BCUT2D eigenvalue weighted by Gasteiger charge is 2.22. The zero-order valence-corrected chi connectivity index (χ0v) is 14.7. The van der Waals surface area contributed by atoms with Gasteiger partial charge < -0.3 is 0 Å². The largest absolute Gasteiger partial charge is 0.278 e. The molecule has 0 aliphatic rings.